The van der Waals surface area contributed by atoms with Gasteiger partial charge in [0.25, 0.3) is 5.91 Å². The molecular formula is C26H23F2N3O5. The number of carbonyl (C=O) groups is 3. The smallest absolute Gasteiger partial charge is 0.255 e. The minimum atomic E-state index is -0.885. The topological polar surface area (TPSA) is 97.0 Å². The molecule has 0 bridgehead atoms. The van der Waals surface area contributed by atoms with Crippen molar-refractivity contribution < 1.29 is 32.6 Å². The fourth-order valence-electron chi connectivity index (χ4n) is 3.93. The van der Waals surface area contributed by atoms with Crippen LogP contribution >= 0.6 is 0 Å². The molecule has 3 aromatic rings. The number of hydrogen-bond acceptors (Lipinski definition) is 5. The van der Waals surface area contributed by atoms with Crippen molar-refractivity contribution in [1.82, 2.24) is 0 Å². The van der Waals surface area contributed by atoms with Crippen LogP contribution in [-0.4, -0.2) is 38.5 Å². The molecule has 1 aliphatic heterocycles. The standard InChI is InChI=1S/C26H23F2N3O5/c1-35-22-13-20(23(36-2)12-19(22)29-25(33)15-6-4-3-5-7-15)30-26(34)16-10-24(32)31(14-16)21-9-8-17(27)11-18(21)28/h3-9,11-13,16H,10,14H2,1-2H3,(H,29,33)(H,30,34). The van der Waals surface area contributed by atoms with E-state index >= 15 is 0 Å². The number of halogens is 2. The highest BCUT2D eigenvalue weighted by molar-refractivity contribution is 6.06. The number of methoxy groups -OCH3 is 2. The minimum absolute atomic E-state index is 0.0715. The lowest BCUT2D eigenvalue weighted by atomic mass is 10.1. The third-order valence-electron chi connectivity index (χ3n) is 5.76. The Morgan fingerprint density at radius 1 is 0.917 bits per heavy atom. The minimum Gasteiger partial charge on any atom is -0.494 e. The molecule has 3 aromatic carbocycles. The van der Waals surface area contributed by atoms with Crippen molar-refractivity contribution in [2.75, 3.05) is 36.3 Å². The molecule has 10 heteroatoms. The number of rotatable bonds is 7. The van der Waals surface area contributed by atoms with Gasteiger partial charge in [0.1, 0.15) is 23.1 Å². The van der Waals surface area contributed by atoms with Crippen LogP contribution in [0.2, 0.25) is 0 Å². The summed E-state index contributed by atoms with van der Waals surface area (Å²) in [6.07, 6.45) is -0.146. The van der Waals surface area contributed by atoms with Gasteiger partial charge in [0.2, 0.25) is 11.8 Å². The molecule has 1 saturated heterocycles. The van der Waals surface area contributed by atoms with E-state index in [9.17, 15) is 23.2 Å². The van der Waals surface area contributed by atoms with E-state index in [0.717, 1.165) is 11.0 Å². The highest BCUT2D eigenvalue weighted by Crippen LogP contribution is 2.37. The number of anilines is 3. The molecule has 1 fully saturated rings. The summed E-state index contributed by atoms with van der Waals surface area (Å²) in [7, 11) is 2.81. The number of benzene rings is 3. The summed E-state index contributed by atoms with van der Waals surface area (Å²) in [6, 6.07) is 14.5. The first-order valence-electron chi connectivity index (χ1n) is 11.0. The van der Waals surface area contributed by atoms with Gasteiger partial charge in [0.05, 0.1) is 37.2 Å². The van der Waals surface area contributed by atoms with Gasteiger partial charge in [-0.1, -0.05) is 18.2 Å². The van der Waals surface area contributed by atoms with Gasteiger partial charge in [0, 0.05) is 36.7 Å². The summed E-state index contributed by atoms with van der Waals surface area (Å²) in [5.41, 5.74) is 0.949. The predicted octanol–water partition coefficient (Wildman–Crippen LogP) is 4.23. The molecule has 0 aliphatic carbocycles. The molecule has 3 amide bonds. The lowest BCUT2D eigenvalue weighted by Crippen LogP contribution is -2.28. The van der Waals surface area contributed by atoms with Crippen LogP contribution in [0, 0.1) is 17.6 Å². The number of amides is 3. The largest absolute Gasteiger partial charge is 0.494 e. The second-order valence-corrected chi connectivity index (χ2v) is 8.06. The zero-order valence-electron chi connectivity index (χ0n) is 19.5. The molecule has 0 radical (unpaired) electrons. The Balaban J connectivity index is 1.51. The van der Waals surface area contributed by atoms with Crippen molar-refractivity contribution in [3.8, 4) is 11.5 Å². The number of ether oxygens (including phenoxy) is 2. The van der Waals surface area contributed by atoms with E-state index in [-0.39, 0.29) is 41.7 Å². The second kappa shape index (κ2) is 10.4. The van der Waals surface area contributed by atoms with E-state index < -0.39 is 29.4 Å². The average molecular weight is 495 g/mol. The Morgan fingerprint density at radius 2 is 1.56 bits per heavy atom. The number of hydrogen-bond donors (Lipinski definition) is 2. The maximum absolute atomic E-state index is 14.2. The molecular weight excluding hydrogens is 472 g/mol. The third kappa shape index (κ3) is 5.12. The maximum Gasteiger partial charge on any atom is 0.255 e. The molecule has 36 heavy (non-hydrogen) atoms. The first-order chi connectivity index (χ1) is 17.3. The first-order valence-corrected chi connectivity index (χ1v) is 11.0. The Labute approximate surface area is 205 Å². The van der Waals surface area contributed by atoms with Crippen molar-refractivity contribution in [2.45, 2.75) is 6.42 Å². The van der Waals surface area contributed by atoms with Gasteiger partial charge < -0.3 is 25.0 Å². The van der Waals surface area contributed by atoms with E-state index in [0.29, 0.717) is 17.3 Å². The number of nitrogens with zero attached hydrogens (tertiary/aromatic N) is 1. The highest BCUT2D eigenvalue weighted by Gasteiger charge is 2.36. The van der Waals surface area contributed by atoms with Crippen LogP contribution in [0.25, 0.3) is 0 Å². The van der Waals surface area contributed by atoms with Crippen LogP contribution in [0.4, 0.5) is 25.8 Å². The average Bonchev–Trinajstić information content (AvgIpc) is 3.26. The zero-order valence-corrected chi connectivity index (χ0v) is 19.5. The number of carbonyl (C=O) groups excluding carboxylic acids is 3. The van der Waals surface area contributed by atoms with Crippen molar-refractivity contribution in [2.24, 2.45) is 5.92 Å². The lowest BCUT2D eigenvalue weighted by molar-refractivity contribution is -0.122. The van der Waals surface area contributed by atoms with Crippen molar-refractivity contribution >= 4 is 34.8 Å². The molecule has 1 heterocycles. The van der Waals surface area contributed by atoms with E-state index in [1.165, 1.54) is 32.4 Å². The fraction of sp³-hybridized carbons (Fsp3) is 0.192. The Hall–Kier alpha value is -4.47. The van der Waals surface area contributed by atoms with Gasteiger partial charge >= 0.3 is 0 Å². The molecule has 1 unspecified atom stereocenters. The molecule has 186 valence electrons. The van der Waals surface area contributed by atoms with Gasteiger partial charge in [-0.25, -0.2) is 8.78 Å². The first kappa shape index (κ1) is 24.6. The summed E-state index contributed by atoms with van der Waals surface area (Å²) >= 11 is 0. The molecule has 0 saturated carbocycles. The van der Waals surface area contributed by atoms with E-state index in [2.05, 4.69) is 10.6 Å². The van der Waals surface area contributed by atoms with Crippen LogP contribution in [0.15, 0.2) is 60.7 Å². The van der Waals surface area contributed by atoms with Gasteiger partial charge in [0.15, 0.2) is 0 Å². The molecule has 0 aromatic heterocycles. The zero-order chi connectivity index (χ0) is 25.8. The van der Waals surface area contributed by atoms with Gasteiger partial charge in [-0.2, -0.15) is 0 Å². The quantitative estimate of drug-likeness (QED) is 0.512. The Morgan fingerprint density at radius 3 is 2.17 bits per heavy atom. The van der Waals surface area contributed by atoms with Gasteiger partial charge in [-0.15, -0.1) is 0 Å². The van der Waals surface area contributed by atoms with Crippen LogP contribution in [0.1, 0.15) is 16.8 Å². The molecule has 0 spiro atoms. The van der Waals surface area contributed by atoms with Gasteiger partial charge in [-0.3, -0.25) is 14.4 Å². The summed E-state index contributed by atoms with van der Waals surface area (Å²) in [5.74, 6) is -3.21. The van der Waals surface area contributed by atoms with Crippen LogP contribution in [-0.2, 0) is 9.59 Å². The van der Waals surface area contributed by atoms with Crippen molar-refractivity contribution in [3.63, 3.8) is 0 Å². The normalized spacial score (nSPS) is 14.9. The van der Waals surface area contributed by atoms with Crippen molar-refractivity contribution in [1.29, 1.82) is 0 Å². The summed E-state index contributed by atoms with van der Waals surface area (Å²) in [6.45, 7) is -0.0715. The van der Waals surface area contributed by atoms with Crippen LogP contribution in [0.3, 0.4) is 0 Å². The highest BCUT2D eigenvalue weighted by atomic mass is 19.1. The van der Waals surface area contributed by atoms with E-state index in [1.807, 2.05) is 0 Å². The van der Waals surface area contributed by atoms with E-state index in [1.54, 1.807) is 30.3 Å². The molecule has 1 atom stereocenters. The molecule has 8 nitrogen and oxygen atoms in total. The SMILES string of the molecule is COc1cc(NC(=O)C2CC(=O)N(c3ccc(F)cc3F)C2)c(OC)cc1NC(=O)c1ccccc1. The summed E-state index contributed by atoms with van der Waals surface area (Å²) < 4.78 is 38.2. The van der Waals surface area contributed by atoms with Crippen LogP contribution < -0.4 is 25.0 Å². The monoisotopic (exact) mass is 495 g/mol. The second-order valence-electron chi connectivity index (χ2n) is 8.06. The lowest BCUT2D eigenvalue weighted by Gasteiger charge is -2.19. The molecule has 2 N–H and O–H groups in total. The maximum atomic E-state index is 14.2. The summed E-state index contributed by atoms with van der Waals surface area (Å²) in [4.78, 5) is 39.2. The molecule has 4 rings (SSSR count). The Kier molecular flexibility index (Phi) is 7.14. The summed E-state index contributed by atoms with van der Waals surface area (Å²) in [5, 5.41) is 5.47. The fourth-order valence-corrected chi connectivity index (χ4v) is 3.93. The Bertz CT molecular complexity index is 1320. The number of nitrogens with one attached hydrogen (secondary N) is 2. The van der Waals surface area contributed by atoms with Crippen LogP contribution in [0.5, 0.6) is 11.5 Å². The van der Waals surface area contributed by atoms with E-state index in [4.69, 9.17) is 9.47 Å². The van der Waals surface area contributed by atoms with Gasteiger partial charge in [-0.05, 0) is 24.3 Å². The molecule has 1 aliphatic rings. The van der Waals surface area contributed by atoms with Crippen molar-refractivity contribution in [3.05, 3.63) is 77.9 Å². The predicted molar refractivity (Wildman–Crippen MR) is 129 cm³/mol. The third-order valence-corrected chi connectivity index (χ3v) is 5.76.